The highest BCUT2D eigenvalue weighted by molar-refractivity contribution is 8.01. The van der Waals surface area contributed by atoms with Crippen LogP contribution in [0.1, 0.15) is 25.8 Å². The van der Waals surface area contributed by atoms with Crippen molar-refractivity contribution in [3.05, 3.63) is 35.9 Å². The van der Waals surface area contributed by atoms with Gasteiger partial charge < -0.3 is 10.2 Å². The molecule has 0 fully saturated rings. The number of aromatic nitrogens is 2. The average Bonchev–Trinajstić information content (AvgIpc) is 3.04. The maximum atomic E-state index is 12.4. The Bertz CT molecular complexity index is 603. The van der Waals surface area contributed by atoms with E-state index in [2.05, 4.69) is 22.4 Å². The highest BCUT2D eigenvalue weighted by Crippen LogP contribution is 2.25. The van der Waals surface area contributed by atoms with Crippen LogP contribution in [0.4, 0.5) is 5.13 Å². The van der Waals surface area contributed by atoms with Gasteiger partial charge in [0.2, 0.25) is 11.0 Å². The molecule has 5 nitrogen and oxygen atoms in total. The van der Waals surface area contributed by atoms with Crippen molar-refractivity contribution in [2.24, 2.45) is 0 Å². The van der Waals surface area contributed by atoms with Crippen LogP contribution in [0.5, 0.6) is 0 Å². The molecule has 0 unspecified atom stereocenters. The molecule has 2 aromatic rings. The molecular formula is C16H22N4OS2. The lowest BCUT2D eigenvalue weighted by atomic mass is 10.2. The number of benzene rings is 1. The van der Waals surface area contributed by atoms with Crippen LogP contribution in [0.3, 0.4) is 0 Å². The molecule has 124 valence electrons. The van der Waals surface area contributed by atoms with Gasteiger partial charge in [0.05, 0.1) is 5.75 Å². The first-order chi connectivity index (χ1) is 11.2. The van der Waals surface area contributed by atoms with Gasteiger partial charge in [0.15, 0.2) is 4.34 Å². The number of rotatable bonds is 9. The molecule has 1 N–H and O–H groups in total. The van der Waals surface area contributed by atoms with Crippen LogP contribution in [-0.4, -0.2) is 39.8 Å². The Morgan fingerprint density at radius 1 is 1.26 bits per heavy atom. The smallest absolute Gasteiger partial charge is 0.233 e. The van der Waals surface area contributed by atoms with Crippen molar-refractivity contribution >= 4 is 34.1 Å². The average molecular weight is 351 g/mol. The largest absolute Gasteiger partial charge is 0.360 e. The lowest BCUT2D eigenvalue weighted by Crippen LogP contribution is -2.31. The van der Waals surface area contributed by atoms with Gasteiger partial charge in [-0.1, -0.05) is 60.4 Å². The molecule has 0 bridgehead atoms. The Labute approximate surface area is 145 Å². The fraction of sp³-hybridized carbons (Fsp3) is 0.438. The molecule has 0 atom stereocenters. The van der Waals surface area contributed by atoms with Crippen LogP contribution in [0.2, 0.25) is 0 Å². The molecule has 1 heterocycles. The molecule has 0 saturated carbocycles. The summed E-state index contributed by atoms with van der Waals surface area (Å²) in [6.07, 6.45) is 1.05. The maximum Gasteiger partial charge on any atom is 0.233 e. The van der Waals surface area contributed by atoms with Gasteiger partial charge in [0, 0.05) is 19.6 Å². The van der Waals surface area contributed by atoms with Crippen LogP contribution in [-0.2, 0) is 11.3 Å². The van der Waals surface area contributed by atoms with Crippen molar-refractivity contribution in [1.82, 2.24) is 15.1 Å². The summed E-state index contributed by atoms with van der Waals surface area (Å²) >= 11 is 2.95. The summed E-state index contributed by atoms with van der Waals surface area (Å²) in [6.45, 7) is 6.35. The molecule has 1 aromatic heterocycles. The van der Waals surface area contributed by atoms with Gasteiger partial charge in [-0.25, -0.2) is 0 Å². The van der Waals surface area contributed by atoms with Crippen LogP contribution in [0.25, 0.3) is 0 Å². The van der Waals surface area contributed by atoms with E-state index in [9.17, 15) is 4.79 Å². The van der Waals surface area contributed by atoms with Crippen molar-refractivity contribution in [3.63, 3.8) is 0 Å². The number of carbonyl (C=O) groups excluding carboxylic acids is 1. The van der Waals surface area contributed by atoms with Crippen LogP contribution in [0, 0.1) is 0 Å². The van der Waals surface area contributed by atoms with Crippen molar-refractivity contribution < 1.29 is 4.79 Å². The minimum absolute atomic E-state index is 0.125. The Balaban J connectivity index is 1.83. The van der Waals surface area contributed by atoms with Gasteiger partial charge in [0.1, 0.15) is 0 Å². The van der Waals surface area contributed by atoms with Crippen molar-refractivity contribution in [2.45, 2.75) is 31.2 Å². The number of hydrogen-bond acceptors (Lipinski definition) is 6. The molecule has 0 spiro atoms. The predicted molar refractivity (Wildman–Crippen MR) is 96.9 cm³/mol. The second-order valence-electron chi connectivity index (χ2n) is 4.98. The fourth-order valence-electron chi connectivity index (χ4n) is 1.97. The molecule has 7 heteroatoms. The second-order valence-corrected chi connectivity index (χ2v) is 7.18. The van der Waals surface area contributed by atoms with E-state index in [1.54, 1.807) is 0 Å². The Kier molecular flexibility index (Phi) is 7.35. The number of amides is 1. The van der Waals surface area contributed by atoms with Crippen LogP contribution in [0.15, 0.2) is 34.7 Å². The maximum absolute atomic E-state index is 12.4. The topological polar surface area (TPSA) is 58.1 Å². The lowest BCUT2D eigenvalue weighted by Gasteiger charge is -2.20. The molecule has 0 aliphatic rings. The van der Waals surface area contributed by atoms with E-state index in [4.69, 9.17) is 0 Å². The fourth-order valence-corrected chi connectivity index (χ4v) is 3.65. The van der Waals surface area contributed by atoms with E-state index in [1.807, 2.05) is 42.2 Å². The van der Waals surface area contributed by atoms with Gasteiger partial charge in [-0.05, 0) is 18.9 Å². The van der Waals surface area contributed by atoms with Gasteiger partial charge in [-0.15, -0.1) is 10.2 Å². The highest BCUT2D eigenvalue weighted by Gasteiger charge is 2.14. The molecule has 0 radical (unpaired) electrons. The van der Waals surface area contributed by atoms with Gasteiger partial charge in [-0.2, -0.15) is 0 Å². The quantitative estimate of drug-likeness (QED) is 0.702. The van der Waals surface area contributed by atoms with E-state index in [1.165, 1.54) is 23.1 Å². The number of thioether (sulfide) groups is 1. The third kappa shape index (κ3) is 5.84. The molecule has 23 heavy (non-hydrogen) atoms. The van der Waals surface area contributed by atoms with E-state index < -0.39 is 0 Å². The zero-order valence-corrected chi connectivity index (χ0v) is 15.1. The van der Waals surface area contributed by atoms with Gasteiger partial charge >= 0.3 is 0 Å². The van der Waals surface area contributed by atoms with Crippen LogP contribution < -0.4 is 5.32 Å². The van der Waals surface area contributed by atoms with E-state index >= 15 is 0 Å². The number of anilines is 1. The van der Waals surface area contributed by atoms with E-state index in [-0.39, 0.29) is 5.91 Å². The SMILES string of the molecule is CCCNc1nnc(SCC(=O)N(CC)Cc2ccccc2)s1. The predicted octanol–water partition coefficient (Wildman–Crippen LogP) is 3.50. The molecule has 2 rings (SSSR count). The summed E-state index contributed by atoms with van der Waals surface area (Å²) in [5.74, 6) is 0.517. The molecule has 0 aliphatic carbocycles. The van der Waals surface area contributed by atoms with Crippen LogP contribution >= 0.6 is 23.1 Å². The first-order valence-electron chi connectivity index (χ1n) is 7.74. The van der Waals surface area contributed by atoms with Gasteiger partial charge in [-0.3, -0.25) is 4.79 Å². The van der Waals surface area contributed by atoms with E-state index in [0.29, 0.717) is 18.8 Å². The third-order valence-electron chi connectivity index (χ3n) is 3.20. The third-order valence-corrected chi connectivity index (χ3v) is 5.20. The Morgan fingerprint density at radius 2 is 2.04 bits per heavy atom. The normalized spacial score (nSPS) is 10.5. The summed E-state index contributed by atoms with van der Waals surface area (Å²) < 4.78 is 0.827. The summed E-state index contributed by atoms with van der Waals surface area (Å²) in [4.78, 5) is 14.2. The molecule has 1 aromatic carbocycles. The summed E-state index contributed by atoms with van der Waals surface area (Å²) in [6, 6.07) is 10.1. The standard InChI is InChI=1S/C16H22N4OS2/c1-3-10-17-15-18-19-16(23-15)22-12-14(21)20(4-2)11-13-8-6-5-7-9-13/h5-9H,3-4,10-12H2,1-2H3,(H,17,18). The molecule has 0 saturated heterocycles. The number of nitrogens with zero attached hydrogens (tertiary/aromatic N) is 3. The number of nitrogens with one attached hydrogen (secondary N) is 1. The molecular weight excluding hydrogens is 328 g/mol. The van der Waals surface area contributed by atoms with Gasteiger partial charge in [0.25, 0.3) is 0 Å². The summed E-state index contributed by atoms with van der Waals surface area (Å²) in [5, 5.41) is 12.2. The number of carbonyl (C=O) groups is 1. The van der Waals surface area contributed by atoms with Crippen molar-refractivity contribution in [2.75, 3.05) is 24.2 Å². The number of hydrogen-bond donors (Lipinski definition) is 1. The van der Waals surface area contributed by atoms with Crippen molar-refractivity contribution in [1.29, 1.82) is 0 Å². The zero-order chi connectivity index (χ0) is 16.5. The second kappa shape index (κ2) is 9.52. The first-order valence-corrected chi connectivity index (χ1v) is 9.55. The zero-order valence-electron chi connectivity index (χ0n) is 13.5. The van der Waals surface area contributed by atoms with Crippen molar-refractivity contribution in [3.8, 4) is 0 Å². The monoisotopic (exact) mass is 350 g/mol. The minimum atomic E-state index is 0.125. The molecule has 1 amide bonds. The Hall–Kier alpha value is -1.60. The first kappa shape index (κ1) is 17.7. The highest BCUT2D eigenvalue weighted by atomic mass is 32.2. The molecule has 0 aliphatic heterocycles. The Morgan fingerprint density at radius 3 is 2.74 bits per heavy atom. The lowest BCUT2D eigenvalue weighted by molar-refractivity contribution is -0.128. The summed E-state index contributed by atoms with van der Waals surface area (Å²) in [7, 11) is 0. The minimum Gasteiger partial charge on any atom is -0.360 e. The summed E-state index contributed by atoms with van der Waals surface area (Å²) in [5.41, 5.74) is 1.15. The van der Waals surface area contributed by atoms with E-state index in [0.717, 1.165) is 28.0 Å².